The molecule has 3 nitrogen and oxygen atoms in total. The van der Waals surface area contributed by atoms with Crippen molar-refractivity contribution in [2.45, 2.75) is 13.5 Å². The summed E-state index contributed by atoms with van der Waals surface area (Å²) in [5.41, 5.74) is -0.157. The summed E-state index contributed by atoms with van der Waals surface area (Å²) in [4.78, 5) is 10.9. The van der Waals surface area contributed by atoms with E-state index >= 15 is 0 Å². The number of halogens is 1. The van der Waals surface area contributed by atoms with Gasteiger partial charge in [0.2, 0.25) is 0 Å². The zero-order chi connectivity index (χ0) is 7.56. The Morgan fingerprint density at radius 3 is 3.00 bits per heavy atom. The van der Waals surface area contributed by atoms with Crippen molar-refractivity contribution in [3.63, 3.8) is 0 Å². The second-order valence-corrected chi connectivity index (χ2v) is 2.26. The minimum absolute atomic E-state index is 0.157. The summed E-state index contributed by atoms with van der Waals surface area (Å²) >= 11 is 5.50. The predicted octanol–water partition coefficient (Wildman–Crippen LogP) is 0.917. The fourth-order valence-electron chi connectivity index (χ4n) is 0.649. The Balaban J connectivity index is 3.20. The first kappa shape index (κ1) is 7.28. The molecule has 1 aromatic heterocycles. The molecule has 1 rings (SSSR count). The van der Waals surface area contributed by atoms with Crippen LogP contribution in [0.2, 0.25) is 5.02 Å². The Kier molecular flexibility index (Phi) is 2.06. The molecule has 0 saturated heterocycles. The lowest BCUT2D eigenvalue weighted by molar-refractivity contribution is 0.615. The van der Waals surface area contributed by atoms with E-state index in [9.17, 15) is 4.79 Å². The van der Waals surface area contributed by atoms with Crippen LogP contribution in [0.1, 0.15) is 6.92 Å². The van der Waals surface area contributed by atoms with Gasteiger partial charge in [-0.1, -0.05) is 11.6 Å². The monoisotopic (exact) mass is 158 g/mol. The van der Waals surface area contributed by atoms with Gasteiger partial charge in [0.05, 0.1) is 11.2 Å². The Hall–Kier alpha value is -0.830. The first-order valence-corrected chi connectivity index (χ1v) is 3.34. The van der Waals surface area contributed by atoms with Crippen LogP contribution in [0.15, 0.2) is 17.1 Å². The van der Waals surface area contributed by atoms with E-state index in [0.29, 0.717) is 11.6 Å². The molecule has 0 N–H and O–H groups in total. The third kappa shape index (κ3) is 1.36. The topological polar surface area (TPSA) is 34.9 Å². The lowest BCUT2D eigenvalue weighted by Gasteiger charge is -1.96. The van der Waals surface area contributed by atoms with Gasteiger partial charge in [-0.05, 0) is 6.92 Å². The molecular weight excluding hydrogens is 152 g/mol. The molecule has 54 valence electrons. The molecule has 0 spiro atoms. The summed E-state index contributed by atoms with van der Waals surface area (Å²) in [5.74, 6) is 0. The van der Waals surface area contributed by atoms with Crippen LogP contribution in [-0.2, 0) is 6.54 Å². The van der Waals surface area contributed by atoms with Crippen molar-refractivity contribution in [2.75, 3.05) is 0 Å². The van der Waals surface area contributed by atoms with E-state index in [0.717, 1.165) is 0 Å². The van der Waals surface area contributed by atoms with Crippen LogP contribution >= 0.6 is 11.6 Å². The van der Waals surface area contributed by atoms with Crippen LogP contribution in [0.3, 0.4) is 0 Å². The van der Waals surface area contributed by atoms with Gasteiger partial charge >= 0.3 is 0 Å². The highest BCUT2D eigenvalue weighted by atomic mass is 35.5. The van der Waals surface area contributed by atoms with Crippen LogP contribution in [-0.4, -0.2) is 9.78 Å². The molecule has 0 aliphatic rings. The van der Waals surface area contributed by atoms with E-state index in [-0.39, 0.29) is 5.56 Å². The average molecular weight is 159 g/mol. The molecule has 0 radical (unpaired) electrons. The third-order valence-corrected chi connectivity index (χ3v) is 1.34. The summed E-state index contributed by atoms with van der Waals surface area (Å²) in [6.45, 7) is 2.43. The number of hydrogen-bond donors (Lipinski definition) is 0. The lowest BCUT2D eigenvalue weighted by Crippen LogP contribution is -2.20. The maximum absolute atomic E-state index is 10.9. The van der Waals surface area contributed by atoms with Gasteiger partial charge in [0, 0.05) is 12.6 Å². The van der Waals surface area contributed by atoms with E-state index in [1.807, 2.05) is 6.92 Å². The Morgan fingerprint density at radius 1 is 1.80 bits per heavy atom. The predicted molar refractivity (Wildman–Crippen MR) is 39.2 cm³/mol. The minimum Gasteiger partial charge on any atom is -0.268 e. The van der Waals surface area contributed by atoms with Gasteiger partial charge in [0.1, 0.15) is 0 Å². The van der Waals surface area contributed by atoms with E-state index in [1.54, 1.807) is 0 Å². The summed E-state index contributed by atoms with van der Waals surface area (Å²) in [7, 11) is 0. The molecule has 4 heteroatoms. The number of nitrogens with zero attached hydrogens (tertiary/aromatic N) is 2. The highest BCUT2D eigenvalue weighted by Crippen LogP contribution is 1.98. The van der Waals surface area contributed by atoms with Crippen LogP contribution < -0.4 is 5.56 Å². The van der Waals surface area contributed by atoms with Crippen molar-refractivity contribution in [1.29, 1.82) is 0 Å². The number of aryl methyl sites for hydroxylation is 1. The third-order valence-electron chi connectivity index (χ3n) is 1.14. The Bertz CT molecular complexity index is 281. The minimum atomic E-state index is -0.157. The highest BCUT2D eigenvalue weighted by Gasteiger charge is 1.93. The first-order valence-electron chi connectivity index (χ1n) is 2.96. The molecule has 0 fully saturated rings. The summed E-state index contributed by atoms with van der Waals surface area (Å²) in [6, 6.07) is 1.35. The molecule has 0 saturated carbocycles. The van der Waals surface area contributed by atoms with Crippen molar-refractivity contribution < 1.29 is 0 Å². The van der Waals surface area contributed by atoms with Gasteiger partial charge in [0.15, 0.2) is 0 Å². The molecule has 10 heavy (non-hydrogen) atoms. The van der Waals surface area contributed by atoms with Crippen LogP contribution in [0, 0.1) is 0 Å². The zero-order valence-electron chi connectivity index (χ0n) is 5.54. The Morgan fingerprint density at radius 2 is 2.50 bits per heavy atom. The zero-order valence-corrected chi connectivity index (χ0v) is 6.30. The Labute approximate surface area is 63.2 Å². The van der Waals surface area contributed by atoms with Gasteiger partial charge in [-0.2, -0.15) is 5.10 Å². The van der Waals surface area contributed by atoms with Gasteiger partial charge in [-0.25, -0.2) is 4.68 Å². The first-order chi connectivity index (χ1) is 4.74. The highest BCUT2D eigenvalue weighted by molar-refractivity contribution is 6.30. The lowest BCUT2D eigenvalue weighted by atomic mass is 10.5. The standard InChI is InChI=1S/C6H7ClN2O/c1-2-9-6(10)3-5(7)4-8-9/h3-4H,2H2,1H3. The summed E-state index contributed by atoms with van der Waals surface area (Å²) in [6.07, 6.45) is 1.45. The quantitative estimate of drug-likeness (QED) is 0.609. The van der Waals surface area contributed by atoms with E-state index in [4.69, 9.17) is 11.6 Å². The van der Waals surface area contributed by atoms with Crippen molar-refractivity contribution in [3.8, 4) is 0 Å². The van der Waals surface area contributed by atoms with Crippen molar-refractivity contribution in [3.05, 3.63) is 27.6 Å². The second-order valence-electron chi connectivity index (χ2n) is 1.83. The van der Waals surface area contributed by atoms with Crippen molar-refractivity contribution >= 4 is 11.6 Å². The van der Waals surface area contributed by atoms with E-state index in [2.05, 4.69) is 5.10 Å². The molecule has 0 aliphatic carbocycles. The van der Waals surface area contributed by atoms with Gasteiger partial charge in [-0.15, -0.1) is 0 Å². The summed E-state index contributed by atoms with van der Waals surface area (Å²) < 4.78 is 1.34. The van der Waals surface area contributed by atoms with Crippen LogP contribution in [0.4, 0.5) is 0 Å². The van der Waals surface area contributed by atoms with E-state index < -0.39 is 0 Å². The fourth-order valence-corrected chi connectivity index (χ4v) is 0.786. The number of hydrogen-bond acceptors (Lipinski definition) is 2. The second kappa shape index (κ2) is 2.84. The fraction of sp³-hybridized carbons (Fsp3) is 0.333. The molecule has 0 unspecified atom stereocenters. The number of rotatable bonds is 1. The molecule has 0 atom stereocenters. The molecule has 0 aliphatic heterocycles. The molecule has 0 bridgehead atoms. The van der Waals surface area contributed by atoms with Crippen molar-refractivity contribution in [2.24, 2.45) is 0 Å². The van der Waals surface area contributed by atoms with E-state index in [1.165, 1.54) is 16.9 Å². The molecular formula is C6H7ClN2O. The van der Waals surface area contributed by atoms with Crippen LogP contribution in [0.5, 0.6) is 0 Å². The van der Waals surface area contributed by atoms with Gasteiger partial charge in [-0.3, -0.25) is 4.79 Å². The SMILES string of the molecule is CCn1ncc(Cl)cc1=O. The van der Waals surface area contributed by atoms with Gasteiger partial charge in [0.25, 0.3) is 5.56 Å². The molecule has 0 aromatic carbocycles. The maximum Gasteiger partial charge on any atom is 0.268 e. The summed E-state index contributed by atoms with van der Waals surface area (Å²) in [5, 5.41) is 4.15. The molecule has 0 amide bonds. The van der Waals surface area contributed by atoms with Crippen LogP contribution in [0.25, 0.3) is 0 Å². The average Bonchev–Trinajstić information content (AvgIpc) is 1.88. The smallest absolute Gasteiger partial charge is 0.268 e. The largest absolute Gasteiger partial charge is 0.268 e. The van der Waals surface area contributed by atoms with Crippen molar-refractivity contribution in [1.82, 2.24) is 9.78 Å². The maximum atomic E-state index is 10.9. The molecule has 1 heterocycles. The molecule has 1 aromatic rings. The van der Waals surface area contributed by atoms with Gasteiger partial charge < -0.3 is 0 Å². The number of aromatic nitrogens is 2. The normalized spacial score (nSPS) is 9.80.